The highest BCUT2D eigenvalue weighted by atomic mass is 32.1. The minimum absolute atomic E-state index is 0.0579. The summed E-state index contributed by atoms with van der Waals surface area (Å²) < 4.78 is 9.74. The minimum atomic E-state index is -0.0579. The van der Waals surface area contributed by atoms with E-state index in [1.165, 1.54) is 17.9 Å². The van der Waals surface area contributed by atoms with Crippen molar-refractivity contribution in [2.45, 2.75) is 13.3 Å². The molecule has 0 spiro atoms. The second-order valence-corrected chi connectivity index (χ2v) is 6.75. The van der Waals surface area contributed by atoms with E-state index in [0.29, 0.717) is 31.0 Å². The number of oxazole rings is 1. The van der Waals surface area contributed by atoms with Crippen LogP contribution in [0.25, 0.3) is 11.4 Å². The van der Waals surface area contributed by atoms with E-state index in [1.54, 1.807) is 0 Å². The number of aryl methyl sites for hydroxylation is 1. The first-order valence-corrected chi connectivity index (χ1v) is 9.39. The maximum atomic E-state index is 12.6. The largest absolute Gasteiger partial charge is 0.448 e. The van der Waals surface area contributed by atoms with Crippen LogP contribution < -0.4 is 4.90 Å². The van der Waals surface area contributed by atoms with Crippen LogP contribution in [0, 0.1) is 0 Å². The number of carbonyl (C=O) groups excluding carboxylic acids is 1. The second-order valence-electron chi connectivity index (χ2n) is 6.02. The number of nitrogens with zero attached hydrogens (tertiary/aromatic N) is 5. The fourth-order valence-electron chi connectivity index (χ4n) is 2.99. The van der Waals surface area contributed by atoms with Crippen molar-refractivity contribution >= 4 is 22.6 Å². The highest BCUT2D eigenvalue weighted by Crippen LogP contribution is 2.25. The standard InChI is InChI=1S/C18H19N5O2S/c1-2-14-15(19-12-25-14)17(24)22-8-10-23(11-9-22)18-20-16(21-26-18)13-6-4-3-5-7-13/h3-7,12H,2,8-11H2,1H3. The zero-order chi connectivity index (χ0) is 17.9. The predicted molar refractivity (Wildman–Crippen MR) is 99.3 cm³/mol. The summed E-state index contributed by atoms with van der Waals surface area (Å²) in [5.74, 6) is 1.34. The monoisotopic (exact) mass is 369 g/mol. The van der Waals surface area contributed by atoms with Crippen LogP contribution in [-0.4, -0.2) is 51.3 Å². The minimum Gasteiger partial charge on any atom is -0.448 e. The summed E-state index contributed by atoms with van der Waals surface area (Å²) in [6.07, 6.45) is 2.00. The van der Waals surface area contributed by atoms with E-state index >= 15 is 0 Å². The molecule has 0 atom stereocenters. The lowest BCUT2D eigenvalue weighted by molar-refractivity contribution is 0.0739. The molecule has 1 aliphatic rings. The highest BCUT2D eigenvalue weighted by Gasteiger charge is 2.27. The molecule has 3 aromatic rings. The van der Waals surface area contributed by atoms with Crippen molar-refractivity contribution in [3.8, 4) is 11.4 Å². The van der Waals surface area contributed by atoms with Gasteiger partial charge in [-0.2, -0.15) is 9.36 Å². The van der Waals surface area contributed by atoms with Crippen molar-refractivity contribution in [2.75, 3.05) is 31.1 Å². The van der Waals surface area contributed by atoms with Gasteiger partial charge >= 0.3 is 0 Å². The van der Waals surface area contributed by atoms with Gasteiger partial charge in [0.1, 0.15) is 5.76 Å². The zero-order valence-electron chi connectivity index (χ0n) is 14.5. The summed E-state index contributed by atoms with van der Waals surface area (Å²) in [5.41, 5.74) is 1.45. The summed E-state index contributed by atoms with van der Waals surface area (Å²) in [4.78, 5) is 25.4. The Morgan fingerprint density at radius 2 is 1.96 bits per heavy atom. The third-order valence-corrected chi connectivity index (χ3v) is 5.23. The quantitative estimate of drug-likeness (QED) is 0.704. The van der Waals surface area contributed by atoms with Crippen LogP contribution in [0.5, 0.6) is 0 Å². The van der Waals surface area contributed by atoms with Crippen molar-refractivity contribution in [1.82, 2.24) is 19.2 Å². The number of anilines is 1. The molecule has 1 fully saturated rings. The molecule has 1 aromatic carbocycles. The molecule has 8 heteroatoms. The van der Waals surface area contributed by atoms with E-state index in [1.807, 2.05) is 42.2 Å². The van der Waals surface area contributed by atoms with Crippen LogP contribution in [0.4, 0.5) is 5.13 Å². The molecule has 7 nitrogen and oxygen atoms in total. The van der Waals surface area contributed by atoms with Gasteiger partial charge in [0.15, 0.2) is 17.9 Å². The lowest BCUT2D eigenvalue weighted by atomic mass is 10.2. The molecule has 4 rings (SSSR count). The number of benzene rings is 1. The van der Waals surface area contributed by atoms with E-state index in [4.69, 9.17) is 4.42 Å². The van der Waals surface area contributed by atoms with Gasteiger partial charge in [-0.05, 0) is 0 Å². The van der Waals surface area contributed by atoms with Crippen LogP contribution in [0.2, 0.25) is 0 Å². The molecule has 0 saturated carbocycles. The van der Waals surface area contributed by atoms with Gasteiger partial charge < -0.3 is 14.2 Å². The van der Waals surface area contributed by atoms with Crippen LogP contribution in [0.1, 0.15) is 23.2 Å². The van der Waals surface area contributed by atoms with Gasteiger partial charge in [0.2, 0.25) is 5.13 Å². The van der Waals surface area contributed by atoms with Crippen LogP contribution >= 0.6 is 11.5 Å². The van der Waals surface area contributed by atoms with Crippen LogP contribution in [0.15, 0.2) is 41.1 Å². The summed E-state index contributed by atoms with van der Waals surface area (Å²) in [6, 6.07) is 9.95. The number of hydrogen-bond acceptors (Lipinski definition) is 7. The molecule has 134 valence electrons. The Balaban J connectivity index is 1.41. The van der Waals surface area contributed by atoms with Crippen molar-refractivity contribution in [3.05, 3.63) is 48.2 Å². The molecule has 26 heavy (non-hydrogen) atoms. The van der Waals surface area contributed by atoms with Gasteiger partial charge in [-0.3, -0.25) is 4.79 Å². The molecule has 1 aliphatic heterocycles. The average Bonchev–Trinajstić information content (AvgIpc) is 3.38. The average molecular weight is 369 g/mol. The smallest absolute Gasteiger partial charge is 0.276 e. The fraction of sp³-hybridized carbons (Fsp3) is 0.333. The number of aromatic nitrogens is 3. The Bertz CT molecular complexity index is 884. The molecule has 0 N–H and O–H groups in total. The molecule has 0 unspecified atom stereocenters. The molecular weight excluding hydrogens is 350 g/mol. The van der Waals surface area contributed by atoms with Gasteiger partial charge in [0.05, 0.1) is 0 Å². The number of hydrogen-bond donors (Lipinski definition) is 0. The van der Waals surface area contributed by atoms with E-state index in [9.17, 15) is 4.79 Å². The maximum absolute atomic E-state index is 12.6. The van der Waals surface area contributed by atoms with Crippen molar-refractivity contribution < 1.29 is 9.21 Å². The van der Waals surface area contributed by atoms with Gasteiger partial charge in [-0.25, -0.2) is 4.98 Å². The lowest BCUT2D eigenvalue weighted by Crippen LogP contribution is -2.49. The zero-order valence-corrected chi connectivity index (χ0v) is 15.3. The highest BCUT2D eigenvalue weighted by molar-refractivity contribution is 7.09. The maximum Gasteiger partial charge on any atom is 0.276 e. The second kappa shape index (κ2) is 7.25. The van der Waals surface area contributed by atoms with E-state index in [-0.39, 0.29) is 5.91 Å². The Hall–Kier alpha value is -2.74. The Kier molecular flexibility index (Phi) is 4.66. The molecule has 0 aliphatic carbocycles. The molecular formula is C18H19N5O2S. The van der Waals surface area contributed by atoms with Gasteiger partial charge in [0.25, 0.3) is 5.91 Å². The number of amides is 1. The molecule has 0 radical (unpaired) electrons. The van der Waals surface area contributed by atoms with Crippen LogP contribution in [-0.2, 0) is 6.42 Å². The van der Waals surface area contributed by atoms with Crippen molar-refractivity contribution in [1.29, 1.82) is 0 Å². The molecule has 2 aromatic heterocycles. The topological polar surface area (TPSA) is 75.4 Å². The predicted octanol–water partition coefficient (Wildman–Crippen LogP) is 2.72. The first-order valence-electron chi connectivity index (χ1n) is 8.62. The van der Waals surface area contributed by atoms with Gasteiger partial charge in [-0.15, -0.1) is 0 Å². The molecule has 0 bridgehead atoms. The summed E-state index contributed by atoms with van der Waals surface area (Å²) in [5, 5.41) is 0.895. The molecule has 3 heterocycles. The molecule has 1 amide bonds. The normalized spacial score (nSPS) is 14.7. The Morgan fingerprint density at radius 1 is 1.19 bits per heavy atom. The third kappa shape index (κ3) is 3.20. The van der Waals surface area contributed by atoms with E-state index in [0.717, 1.165) is 29.6 Å². The van der Waals surface area contributed by atoms with Crippen LogP contribution in [0.3, 0.4) is 0 Å². The molecule has 1 saturated heterocycles. The number of carbonyl (C=O) groups is 1. The van der Waals surface area contributed by atoms with Gasteiger partial charge in [-0.1, -0.05) is 37.3 Å². The summed E-state index contributed by atoms with van der Waals surface area (Å²) >= 11 is 1.40. The lowest BCUT2D eigenvalue weighted by Gasteiger charge is -2.34. The fourth-order valence-corrected chi connectivity index (χ4v) is 3.73. The van der Waals surface area contributed by atoms with E-state index < -0.39 is 0 Å². The SMILES string of the molecule is CCc1ocnc1C(=O)N1CCN(c2nc(-c3ccccc3)ns2)CC1. The summed E-state index contributed by atoms with van der Waals surface area (Å²) in [6.45, 7) is 4.68. The number of piperazine rings is 1. The first-order chi connectivity index (χ1) is 12.8. The Morgan fingerprint density at radius 3 is 2.69 bits per heavy atom. The Labute approximate surface area is 155 Å². The van der Waals surface area contributed by atoms with Crippen molar-refractivity contribution in [3.63, 3.8) is 0 Å². The van der Waals surface area contributed by atoms with Gasteiger partial charge in [0, 0.05) is 49.7 Å². The third-order valence-electron chi connectivity index (χ3n) is 4.45. The summed E-state index contributed by atoms with van der Waals surface area (Å²) in [7, 11) is 0. The number of rotatable bonds is 4. The van der Waals surface area contributed by atoms with E-state index in [2.05, 4.69) is 19.2 Å². The first kappa shape index (κ1) is 16.7. The van der Waals surface area contributed by atoms with Crippen molar-refractivity contribution in [2.24, 2.45) is 0 Å².